The van der Waals surface area contributed by atoms with Crippen LogP contribution in [0.3, 0.4) is 0 Å². The van der Waals surface area contributed by atoms with Gasteiger partial charge in [-0.1, -0.05) is 91.0 Å². The SMILES string of the molecule is COc1cccc(Cc2cncc3c2c2ccccc2n3C)c1.Cc1ccccc1Cc1cncc2c1c1ccccc1n2C.Cn1c2ccccc2c2c(Cc3c(F)c(F)c(F)c(F)c3F)cncc21. The normalized spacial score (nSPS) is 11.4. The van der Waals surface area contributed by atoms with Gasteiger partial charge < -0.3 is 18.4 Å². The number of pyridine rings is 3. The van der Waals surface area contributed by atoms with E-state index in [0.717, 1.165) is 29.5 Å². The quantitative estimate of drug-likeness (QED) is 0.0907. The number of aromatic nitrogens is 6. The number of benzene rings is 6. The second-order valence-electron chi connectivity index (χ2n) is 17.7. The Morgan fingerprint density at radius 2 is 0.817 bits per heavy atom. The lowest BCUT2D eigenvalue weighted by Gasteiger charge is -2.09. The number of methoxy groups -OCH3 is 1. The highest BCUT2D eigenvalue weighted by atomic mass is 19.2. The Hall–Kier alpha value is -8.38. The molecule has 6 aromatic heterocycles. The third kappa shape index (κ3) is 8.39. The molecule has 6 aromatic carbocycles. The highest BCUT2D eigenvalue weighted by molar-refractivity contribution is 6.11. The average molecular weight is 951 g/mol. The molecule has 0 aliphatic rings. The van der Waals surface area contributed by atoms with Gasteiger partial charge in [0.15, 0.2) is 23.3 Å². The number of hydrogen-bond donors (Lipinski definition) is 0. The number of nitrogens with zero attached hydrogens (tertiary/aromatic N) is 6. The van der Waals surface area contributed by atoms with Crippen LogP contribution in [0.15, 0.2) is 159 Å². The summed E-state index contributed by atoms with van der Waals surface area (Å²) in [6.07, 6.45) is 12.2. The maximum atomic E-state index is 14.1. The Kier molecular flexibility index (Phi) is 12.5. The number of fused-ring (bicyclic) bond motifs is 9. The van der Waals surface area contributed by atoms with Gasteiger partial charge >= 0.3 is 0 Å². The van der Waals surface area contributed by atoms with Gasteiger partial charge in [-0.15, -0.1) is 0 Å². The van der Waals surface area contributed by atoms with Crippen LogP contribution in [-0.2, 0) is 40.4 Å². The van der Waals surface area contributed by atoms with Gasteiger partial charge in [-0.2, -0.15) is 0 Å². The third-order valence-electron chi connectivity index (χ3n) is 13.5. The maximum absolute atomic E-state index is 14.1. The van der Waals surface area contributed by atoms with Crippen molar-refractivity contribution in [1.29, 1.82) is 0 Å². The van der Waals surface area contributed by atoms with E-state index in [1.165, 1.54) is 77.6 Å². The summed E-state index contributed by atoms with van der Waals surface area (Å²) in [5.74, 6) is -8.81. The molecule has 0 saturated carbocycles. The molecular formula is C59H47F5N6O. The molecule has 0 atom stereocenters. The molecule has 0 radical (unpaired) electrons. The number of para-hydroxylation sites is 3. The summed E-state index contributed by atoms with van der Waals surface area (Å²) in [7, 11) is 7.73. The van der Waals surface area contributed by atoms with Crippen molar-refractivity contribution < 1.29 is 26.7 Å². The van der Waals surface area contributed by atoms with Crippen molar-refractivity contribution in [2.75, 3.05) is 7.11 Å². The standard InChI is InChI=1S/C20H18N2O.C20H18N2.C19H11F5N2/c1-22-18-9-4-3-8-17(18)20-15(12-21-13-19(20)22)10-14-6-5-7-16(11-14)23-2;1-14-7-3-4-8-15(14)11-16-12-21-13-19-20(16)17-9-5-6-10-18(17)22(19)2;1-26-12-5-3-2-4-10(12)14-9(7-25-8-13(14)26)6-11-15(20)17(22)19(24)18(23)16(11)21/h3-9,11-13H,10H2,1-2H3;3-10,12-13H,11H2,1-2H3;2-5,7-8H,6H2,1H3. The summed E-state index contributed by atoms with van der Waals surface area (Å²) in [5.41, 5.74) is 12.4. The van der Waals surface area contributed by atoms with Crippen LogP contribution in [0.25, 0.3) is 65.4 Å². The van der Waals surface area contributed by atoms with Gasteiger partial charge in [-0.25, -0.2) is 22.0 Å². The highest BCUT2D eigenvalue weighted by Gasteiger charge is 2.27. The van der Waals surface area contributed by atoms with Crippen LogP contribution in [0.5, 0.6) is 5.75 Å². The van der Waals surface area contributed by atoms with Gasteiger partial charge in [0.05, 0.1) is 42.3 Å². The number of ether oxygens (including phenoxy) is 1. The molecule has 0 fully saturated rings. The number of rotatable bonds is 7. The second kappa shape index (κ2) is 19.2. The van der Waals surface area contributed by atoms with Crippen LogP contribution in [0.1, 0.15) is 38.9 Å². The number of aryl methyl sites for hydroxylation is 4. The van der Waals surface area contributed by atoms with E-state index < -0.39 is 41.1 Å². The first-order valence-corrected chi connectivity index (χ1v) is 23.0. The zero-order valence-corrected chi connectivity index (χ0v) is 39.6. The van der Waals surface area contributed by atoms with E-state index >= 15 is 0 Å². The molecule has 354 valence electrons. The first kappa shape index (κ1) is 46.4. The molecule has 0 bridgehead atoms. The van der Waals surface area contributed by atoms with E-state index in [1.54, 1.807) is 13.3 Å². The molecule has 0 aliphatic carbocycles. The molecule has 0 amide bonds. The lowest BCUT2D eigenvalue weighted by molar-refractivity contribution is 0.371. The van der Waals surface area contributed by atoms with Crippen molar-refractivity contribution in [2.45, 2.75) is 26.2 Å². The van der Waals surface area contributed by atoms with Crippen LogP contribution < -0.4 is 4.74 Å². The predicted molar refractivity (Wildman–Crippen MR) is 273 cm³/mol. The molecule has 0 aliphatic heterocycles. The van der Waals surface area contributed by atoms with Gasteiger partial charge in [0, 0.05) is 101 Å². The zero-order valence-electron chi connectivity index (χ0n) is 39.6. The lowest BCUT2D eigenvalue weighted by atomic mass is 9.98. The van der Waals surface area contributed by atoms with Crippen molar-refractivity contribution >= 4 is 65.4 Å². The van der Waals surface area contributed by atoms with Gasteiger partial charge in [0.25, 0.3) is 0 Å². The fourth-order valence-corrected chi connectivity index (χ4v) is 9.91. The fourth-order valence-electron chi connectivity index (χ4n) is 9.91. The summed E-state index contributed by atoms with van der Waals surface area (Å²) < 4.78 is 80.0. The van der Waals surface area contributed by atoms with Gasteiger partial charge in [-0.3, -0.25) is 15.0 Å². The average Bonchev–Trinajstić information content (AvgIpc) is 3.99. The largest absolute Gasteiger partial charge is 0.497 e. The zero-order chi connectivity index (χ0) is 49.5. The fraction of sp³-hybridized carbons (Fsp3) is 0.136. The minimum Gasteiger partial charge on any atom is -0.497 e. The summed E-state index contributed by atoms with van der Waals surface area (Å²) in [4.78, 5) is 13.0. The molecule has 12 rings (SSSR count). The van der Waals surface area contributed by atoms with E-state index in [9.17, 15) is 22.0 Å². The Balaban J connectivity index is 0.000000123. The van der Waals surface area contributed by atoms with E-state index in [2.05, 4.69) is 130 Å². The molecule has 7 nitrogen and oxygen atoms in total. The molecule has 0 spiro atoms. The molecule has 12 heteroatoms. The lowest BCUT2D eigenvalue weighted by Crippen LogP contribution is -2.08. The Morgan fingerprint density at radius 1 is 0.408 bits per heavy atom. The van der Waals surface area contributed by atoms with Crippen LogP contribution in [0.4, 0.5) is 22.0 Å². The second-order valence-corrected chi connectivity index (χ2v) is 17.7. The maximum Gasteiger partial charge on any atom is 0.200 e. The van der Waals surface area contributed by atoms with E-state index in [-0.39, 0.29) is 0 Å². The summed E-state index contributed by atoms with van der Waals surface area (Å²) >= 11 is 0. The van der Waals surface area contributed by atoms with Gasteiger partial charge in [0.2, 0.25) is 5.82 Å². The van der Waals surface area contributed by atoms with Crippen LogP contribution in [-0.4, -0.2) is 35.8 Å². The summed E-state index contributed by atoms with van der Waals surface area (Å²) in [5, 5.41) is 6.70. The predicted octanol–water partition coefficient (Wildman–Crippen LogP) is 14.0. The molecule has 71 heavy (non-hydrogen) atoms. The van der Waals surface area contributed by atoms with Crippen LogP contribution in [0, 0.1) is 36.0 Å². The topological polar surface area (TPSA) is 62.7 Å². The Labute approximate surface area is 406 Å². The van der Waals surface area contributed by atoms with Crippen LogP contribution >= 0.6 is 0 Å². The van der Waals surface area contributed by atoms with Crippen molar-refractivity contribution in [3.63, 3.8) is 0 Å². The smallest absolute Gasteiger partial charge is 0.200 e. The minimum atomic E-state index is -2.16. The van der Waals surface area contributed by atoms with E-state index in [1.807, 2.05) is 72.8 Å². The van der Waals surface area contributed by atoms with Crippen molar-refractivity contribution in [1.82, 2.24) is 28.7 Å². The molecule has 0 unspecified atom stereocenters. The van der Waals surface area contributed by atoms with Crippen molar-refractivity contribution in [3.05, 3.63) is 227 Å². The van der Waals surface area contributed by atoms with E-state index in [0.29, 0.717) is 16.5 Å². The number of hydrogen-bond acceptors (Lipinski definition) is 4. The highest BCUT2D eigenvalue weighted by Crippen LogP contribution is 2.35. The molecule has 0 N–H and O–H groups in total. The first-order valence-electron chi connectivity index (χ1n) is 23.0. The first-order chi connectivity index (χ1) is 34.4. The monoisotopic (exact) mass is 950 g/mol. The summed E-state index contributed by atoms with van der Waals surface area (Å²) in [6.45, 7) is 2.17. The minimum absolute atomic E-state index is 0.377. The Morgan fingerprint density at radius 3 is 1.28 bits per heavy atom. The van der Waals surface area contributed by atoms with Crippen molar-refractivity contribution in [3.8, 4) is 5.75 Å². The summed E-state index contributed by atoms with van der Waals surface area (Å²) in [6, 6.07) is 41.3. The van der Waals surface area contributed by atoms with Gasteiger partial charge in [0.1, 0.15) is 5.75 Å². The number of halogens is 5. The molecule has 0 saturated heterocycles. The molecule has 6 heterocycles. The van der Waals surface area contributed by atoms with Crippen molar-refractivity contribution in [2.24, 2.45) is 21.1 Å². The molecule has 12 aromatic rings. The molecular weight excluding hydrogens is 904 g/mol. The third-order valence-corrected chi connectivity index (χ3v) is 13.5. The Bertz CT molecular complexity index is 3960. The van der Waals surface area contributed by atoms with Gasteiger partial charge in [-0.05, 0) is 83.5 Å². The van der Waals surface area contributed by atoms with E-state index in [4.69, 9.17) is 4.74 Å². The van der Waals surface area contributed by atoms with Crippen LogP contribution in [0.2, 0.25) is 0 Å².